The standard InChI is InChI=1S/C17H15ClN4O2.C6H10N2/c1-9-8-11(18)4-7-13(9)24-12-5-2-10(3-6-12)15-14(17(20)23)16(19)22-21-15;7-6-8-4-2-1-3-5-8/h2-8H,1H3,(H2,20,23)(H3,19,21,22);1-5H2. The first-order valence-corrected chi connectivity index (χ1v) is 10.6. The normalized spacial score (nSPS) is 13.0. The number of hydrogen-bond acceptors (Lipinski definition) is 6. The van der Waals surface area contributed by atoms with Gasteiger partial charge in [-0.3, -0.25) is 9.89 Å². The first kappa shape index (κ1) is 23.0. The van der Waals surface area contributed by atoms with Crippen LogP contribution in [0.5, 0.6) is 11.5 Å². The summed E-state index contributed by atoms with van der Waals surface area (Å²) >= 11 is 5.94. The third-order valence-corrected chi connectivity index (χ3v) is 5.28. The molecule has 166 valence electrons. The van der Waals surface area contributed by atoms with E-state index in [2.05, 4.69) is 16.4 Å². The first-order valence-electron chi connectivity index (χ1n) is 10.2. The molecule has 2 aromatic carbocycles. The number of amides is 1. The van der Waals surface area contributed by atoms with E-state index >= 15 is 0 Å². The van der Waals surface area contributed by atoms with Crippen molar-refractivity contribution in [1.82, 2.24) is 15.1 Å². The number of hydrogen-bond donors (Lipinski definition) is 3. The van der Waals surface area contributed by atoms with E-state index in [0.29, 0.717) is 16.5 Å². The summed E-state index contributed by atoms with van der Waals surface area (Å²) in [5.74, 6) is 0.816. The number of carbonyl (C=O) groups is 1. The van der Waals surface area contributed by atoms with Gasteiger partial charge in [0.2, 0.25) is 0 Å². The number of likely N-dealkylation sites (tertiary alicyclic amines) is 1. The van der Waals surface area contributed by atoms with Crippen molar-refractivity contribution in [3.8, 4) is 28.9 Å². The average molecular weight is 453 g/mol. The molecule has 9 heteroatoms. The van der Waals surface area contributed by atoms with E-state index in [0.717, 1.165) is 30.0 Å². The maximum absolute atomic E-state index is 11.5. The third-order valence-electron chi connectivity index (χ3n) is 5.05. The number of primary amides is 1. The molecule has 1 aliphatic heterocycles. The lowest BCUT2D eigenvalue weighted by molar-refractivity contribution is 0.100. The minimum Gasteiger partial charge on any atom is -0.457 e. The Hall–Kier alpha value is -3.70. The maximum atomic E-state index is 11.5. The summed E-state index contributed by atoms with van der Waals surface area (Å²) < 4.78 is 5.84. The van der Waals surface area contributed by atoms with Crippen LogP contribution in [0.1, 0.15) is 35.2 Å². The molecule has 1 aromatic heterocycles. The molecular formula is C23H25ClN6O2. The van der Waals surface area contributed by atoms with Crippen molar-refractivity contribution in [2.24, 2.45) is 5.73 Å². The van der Waals surface area contributed by atoms with Gasteiger partial charge in [-0.05, 0) is 74.2 Å². The number of rotatable bonds is 4. The van der Waals surface area contributed by atoms with Gasteiger partial charge in [0.15, 0.2) is 12.0 Å². The number of aromatic amines is 1. The summed E-state index contributed by atoms with van der Waals surface area (Å²) in [6.07, 6.45) is 5.84. The van der Waals surface area contributed by atoms with Crippen LogP contribution in [0.15, 0.2) is 42.5 Å². The van der Waals surface area contributed by atoms with Crippen molar-refractivity contribution >= 4 is 23.3 Å². The van der Waals surface area contributed by atoms with E-state index in [4.69, 9.17) is 33.1 Å². The highest BCUT2D eigenvalue weighted by atomic mass is 35.5. The molecule has 5 N–H and O–H groups in total. The van der Waals surface area contributed by atoms with Crippen LogP contribution in [-0.2, 0) is 0 Å². The van der Waals surface area contributed by atoms with Crippen LogP contribution in [0.4, 0.5) is 5.82 Å². The fourth-order valence-corrected chi connectivity index (χ4v) is 3.58. The minimum absolute atomic E-state index is 0.0783. The molecule has 1 amide bonds. The molecule has 0 radical (unpaired) electrons. The van der Waals surface area contributed by atoms with Gasteiger partial charge < -0.3 is 21.1 Å². The topological polar surface area (TPSA) is 134 Å². The number of nitriles is 1. The molecule has 0 atom stereocenters. The van der Waals surface area contributed by atoms with Gasteiger partial charge in [0.25, 0.3) is 5.91 Å². The minimum atomic E-state index is -0.631. The second-order valence-corrected chi connectivity index (χ2v) is 7.84. The van der Waals surface area contributed by atoms with Crippen molar-refractivity contribution in [3.05, 3.63) is 58.6 Å². The fourth-order valence-electron chi connectivity index (χ4n) is 3.35. The summed E-state index contributed by atoms with van der Waals surface area (Å²) in [5.41, 5.74) is 13.3. The lowest BCUT2D eigenvalue weighted by Gasteiger charge is -2.19. The Morgan fingerprint density at radius 2 is 1.88 bits per heavy atom. The molecule has 3 aromatic rings. The Morgan fingerprint density at radius 1 is 1.19 bits per heavy atom. The molecule has 0 aliphatic carbocycles. The molecule has 0 unspecified atom stereocenters. The smallest absolute Gasteiger partial charge is 0.254 e. The summed E-state index contributed by atoms with van der Waals surface area (Å²) in [6, 6.07) is 12.6. The van der Waals surface area contributed by atoms with Crippen molar-refractivity contribution in [2.45, 2.75) is 26.2 Å². The van der Waals surface area contributed by atoms with E-state index < -0.39 is 5.91 Å². The molecule has 1 saturated heterocycles. The number of H-pyrrole nitrogens is 1. The fraction of sp³-hybridized carbons (Fsp3) is 0.261. The van der Waals surface area contributed by atoms with Crippen LogP contribution in [0, 0.1) is 18.4 Å². The Labute approximate surface area is 191 Å². The number of piperidine rings is 1. The van der Waals surface area contributed by atoms with Crippen LogP contribution in [-0.4, -0.2) is 34.1 Å². The lowest BCUT2D eigenvalue weighted by Crippen LogP contribution is -2.24. The van der Waals surface area contributed by atoms with Crippen molar-refractivity contribution in [2.75, 3.05) is 18.8 Å². The Kier molecular flexibility index (Phi) is 7.58. The Bertz CT molecular complexity index is 1110. The average Bonchev–Trinajstić information content (AvgIpc) is 3.19. The molecular weight excluding hydrogens is 428 g/mol. The van der Waals surface area contributed by atoms with Crippen LogP contribution in [0.3, 0.4) is 0 Å². The zero-order chi connectivity index (χ0) is 23.1. The molecule has 8 nitrogen and oxygen atoms in total. The number of halogens is 1. The van der Waals surface area contributed by atoms with Crippen LogP contribution >= 0.6 is 11.6 Å². The monoisotopic (exact) mass is 452 g/mol. The van der Waals surface area contributed by atoms with Crippen molar-refractivity contribution in [3.63, 3.8) is 0 Å². The van der Waals surface area contributed by atoms with Crippen molar-refractivity contribution < 1.29 is 9.53 Å². The van der Waals surface area contributed by atoms with Crippen molar-refractivity contribution in [1.29, 1.82) is 5.26 Å². The van der Waals surface area contributed by atoms with Gasteiger partial charge in [0.1, 0.15) is 17.1 Å². The number of aromatic nitrogens is 2. The summed E-state index contributed by atoms with van der Waals surface area (Å²) in [6.45, 7) is 3.88. The second kappa shape index (κ2) is 10.6. The highest BCUT2D eigenvalue weighted by Gasteiger charge is 2.17. The summed E-state index contributed by atoms with van der Waals surface area (Å²) in [4.78, 5) is 13.3. The first-order chi connectivity index (χ1) is 15.4. The molecule has 4 rings (SSSR count). The van der Waals surface area contributed by atoms with Crippen LogP contribution in [0.2, 0.25) is 5.02 Å². The highest BCUT2D eigenvalue weighted by molar-refractivity contribution is 6.30. The number of nitrogen functional groups attached to an aromatic ring is 1. The van der Waals surface area contributed by atoms with Crippen LogP contribution in [0.25, 0.3) is 11.3 Å². The van der Waals surface area contributed by atoms with Gasteiger partial charge in [0.05, 0.1) is 5.69 Å². The van der Waals surface area contributed by atoms with Gasteiger partial charge in [-0.1, -0.05) is 11.6 Å². The molecule has 0 bridgehead atoms. The van der Waals surface area contributed by atoms with Gasteiger partial charge >= 0.3 is 0 Å². The molecule has 1 aliphatic rings. The second-order valence-electron chi connectivity index (χ2n) is 7.41. The Morgan fingerprint density at radius 3 is 2.44 bits per heavy atom. The zero-order valence-corrected chi connectivity index (χ0v) is 18.5. The highest BCUT2D eigenvalue weighted by Crippen LogP contribution is 2.30. The molecule has 32 heavy (non-hydrogen) atoms. The third kappa shape index (κ3) is 5.71. The molecule has 1 fully saturated rings. The largest absolute Gasteiger partial charge is 0.457 e. The number of benzene rings is 2. The molecule has 0 saturated carbocycles. The van der Waals surface area contributed by atoms with E-state index in [1.165, 1.54) is 19.3 Å². The van der Waals surface area contributed by atoms with E-state index in [9.17, 15) is 4.79 Å². The predicted molar refractivity (Wildman–Crippen MR) is 124 cm³/mol. The predicted octanol–water partition coefficient (Wildman–Crippen LogP) is 4.47. The summed E-state index contributed by atoms with van der Waals surface area (Å²) in [5, 5.41) is 15.6. The Balaban J connectivity index is 0.000000305. The van der Waals surface area contributed by atoms with Gasteiger partial charge in [-0.15, -0.1) is 0 Å². The van der Waals surface area contributed by atoms with Gasteiger partial charge in [-0.25, -0.2) is 0 Å². The number of nitrogens with two attached hydrogens (primary N) is 2. The molecule has 0 spiro atoms. The number of ether oxygens (including phenoxy) is 1. The number of nitrogens with one attached hydrogen (secondary N) is 1. The SMILES string of the molecule is Cc1cc(Cl)ccc1Oc1ccc(-c2[nH]nc(N)c2C(N)=O)cc1.N#CN1CCCCC1. The maximum Gasteiger partial charge on any atom is 0.254 e. The number of nitrogens with zero attached hydrogens (tertiary/aromatic N) is 3. The van der Waals surface area contributed by atoms with E-state index in [1.54, 1.807) is 30.3 Å². The number of aryl methyl sites for hydroxylation is 1. The number of carbonyl (C=O) groups excluding carboxylic acids is 1. The van der Waals surface area contributed by atoms with Crippen LogP contribution < -0.4 is 16.2 Å². The number of anilines is 1. The van der Waals surface area contributed by atoms with E-state index in [1.807, 2.05) is 24.0 Å². The summed E-state index contributed by atoms with van der Waals surface area (Å²) in [7, 11) is 0. The quantitative estimate of drug-likeness (QED) is 0.500. The zero-order valence-electron chi connectivity index (χ0n) is 17.8. The lowest BCUT2D eigenvalue weighted by atomic mass is 10.1. The van der Waals surface area contributed by atoms with E-state index in [-0.39, 0.29) is 11.4 Å². The van der Waals surface area contributed by atoms with Gasteiger partial charge in [0, 0.05) is 23.7 Å². The van der Waals surface area contributed by atoms with Gasteiger partial charge in [-0.2, -0.15) is 10.4 Å². The molecule has 2 heterocycles.